The fourth-order valence-corrected chi connectivity index (χ4v) is 5.57. The van der Waals surface area contributed by atoms with E-state index in [1.165, 1.54) is 0 Å². The van der Waals surface area contributed by atoms with Gasteiger partial charge in [0.2, 0.25) is 0 Å². The maximum atomic E-state index is 10.9. The van der Waals surface area contributed by atoms with Gasteiger partial charge < -0.3 is 19.4 Å². The first-order valence-corrected chi connectivity index (χ1v) is 13.7. The van der Waals surface area contributed by atoms with Gasteiger partial charge in [0.15, 0.2) is 0 Å². The van der Waals surface area contributed by atoms with Gasteiger partial charge in [0.1, 0.15) is 0 Å². The Hall–Kier alpha value is -4.36. The molecule has 0 unspecified atom stereocenters. The molecule has 8 bridgehead atoms. The van der Waals surface area contributed by atoms with E-state index in [0.29, 0.717) is 25.8 Å². The third kappa shape index (κ3) is 5.95. The molecule has 0 spiro atoms. The van der Waals surface area contributed by atoms with Gasteiger partial charge in [-0.2, -0.15) is 0 Å². The molecule has 0 aromatic carbocycles. The average molecular weight is 626 g/mol. The van der Waals surface area contributed by atoms with E-state index in [4.69, 9.17) is 29.4 Å². The van der Waals surface area contributed by atoms with Crippen LogP contribution in [0.25, 0.3) is 50.4 Å². The SMILES string of the molecule is C=CC1=C(C)c2cc3[n-]c(cc4nc(cc5[n-]c(cc1n2)c(C)c5C=C)C(C)=C4CCOC=O)c(CCOC=O)c3C.[Zn+2]. The van der Waals surface area contributed by atoms with E-state index in [1.807, 2.05) is 64.1 Å². The number of carbonyl (C=O) groups is 2. The number of carbonyl (C=O) groups excluding carboxylic acids is 2. The van der Waals surface area contributed by atoms with Crippen molar-refractivity contribution in [2.75, 3.05) is 13.2 Å². The second-order valence-electron chi connectivity index (χ2n) is 10.2. The summed E-state index contributed by atoms with van der Waals surface area (Å²) < 4.78 is 10.1. The summed E-state index contributed by atoms with van der Waals surface area (Å²) in [6.07, 6.45) is 4.61. The van der Waals surface area contributed by atoms with Gasteiger partial charge in [-0.3, -0.25) is 9.59 Å². The standard InChI is InChI=1S/C34H32N4O4.Zn/c1-7-23-19(3)27-13-28-21(5)25(9-11-41-17-39)33(37-28)16-34-26(10-12-42-18-40)22(6)30(38-34)15-32-24(8-2)20(4)29(36-32)14-31(23)35-27;/h7-8,13-18H,1-2,9-12H2,3-6H3;/q-2;+2. The Bertz CT molecular complexity index is 1860. The summed E-state index contributed by atoms with van der Waals surface area (Å²) in [6, 6.07) is 7.89. The first kappa shape index (κ1) is 31.6. The van der Waals surface area contributed by atoms with Crippen LogP contribution in [0.1, 0.15) is 65.3 Å². The molecule has 5 heterocycles. The van der Waals surface area contributed by atoms with Crippen molar-refractivity contribution in [3.8, 4) is 0 Å². The summed E-state index contributed by atoms with van der Waals surface area (Å²) in [5.74, 6) is 0. The summed E-state index contributed by atoms with van der Waals surface area (Å²) in [4.78, 5) is 41.7. The Balaban J connectivity index is 0.00000423. The smallest absolute Gasteiger partial charge is 0.657 e. The molecule has 5 rings (SSSR count). The molecule has 214 valence electrons. The Morgan fingerprint density at radius 2 is 1.26 bits per heavy atom. The van der Waals surface area contributed by atoms with Crippen molar-refractivity contribution in [1.29, 1.82) is 0 Å². The molecule has 0 saturated heterocycles. The van der Waals surface area contributed by atoms with E-state index in [0.717, 1.165) is 89.4 Å². The summed E-state index contributed by atoms with van der Waals surface area (Å²) >= 11 is 0. The van der Waals surface area contributed by atoms with Gasteiger partial charge in [0, 0.05) is 18.4 Å². The molecule has 8 nitrogen and oxygen atoms in total. The fourth-order valence-electron chi connectivity index (χ4n) is 5.57. The van der Waals surface area contributed by atoms with E-state index in [-0.39, 0.29) is 32.7 Å². The van der Waals surface area contributed by atoms with Crippen molar-refractivity contribution in [2.24, 2.45) is 0 Å². The number of hydrogen-bond acceptors (Lipinski definition) is 6. The topological polar surface area (TPSA) is 107 Å². The normalized spacial score (nSPS) is 12.6. The van der Waals surface area contributed by atoms with Crippen LogP contribution >= 0.6 is 0 Å². The predicted octanol–water partition coefficient (Wildman–Crippen LogP) is 6.16. The molecule has 2 aliphatic rings. The number of aromatic nitrogens is 4. The number of allylic oxidation sites excluding steroid dienone is 4. The minimum absolute atomic E-state index is 0. The van der Waals surface area contributed by atoms with Gasteiger partial charge in [0.05, 0.1) is 36.0 Å². The first-order chi connectivity index (χ1) is 20.3. The minimum Gasteiger partial charge on any atom is -0.657 e. The quantitative estimate of drug-likeness (QED) is 0.150. The summed E-state index contributed by atoms with van der Waals surface area (Å²) in [7, 11) is 0. The van der Waals surface area contributed by atoms with Gasteiger partial charge in [-0.15, -0.1) is 22.1 Å². The second-order valence-corrected chi connectivity index (χ2v) is 10.2. The van der Waals surface area contributed by atoms with E-state index in [9.17, 15) is 9.59 Å². The van der Waals surface area contributed by atoms with Crippen LogP contribution in [-0.4, -0.2) is 36.1 Å². The number of aryl methyl sites for hydroxylation is 2. The van der Waals surface area contributed by atoms with Crippen molar-refractivity contribution < 1.29 is 38.5 Å². The molecule has 3 aromatic rings. The van der Waals surface area contributed by atoms with Crippen molar-refractivity contribution >= 4 is 63.4 Å². The predicted molar refractivity (Wildman–Crippen MR) is 166 cm³/mol. The first-order valence-electron chi connectivity index (χ1n) is 13.7. The molecule has 0 saturated carbocycles. The Labute approximate surface area is 263 Å². The number of fused-ring (bicyclic) bond motifs is 8. The molecule has 0 amide bonds. The number of nitrogens with zero attached hydrogens (tertiary/aromatic N) is 4. The number of ether oxygens (including phenoxy) is 2. The van der Waals surface area contributed by atoms with Gasteiger partial charge in [0.25, 0.3) is 12.9 Å². The molecular formula is C34H32N4O4Zn. The fraction of sp³-hybridized carbons (Fsp3) is 0.235. The molecule has 0 atom stereocenters. The Kier molecular flexibility index (Phi) is 9.77. The van der Waals surface area contributed by atoms with Crippen LogP contribution in [0.5, 0.6) is 0 Å². The van der Waals surface area contributed by atoms with Gasteiger partial charge >= 0.3 is 19.5 Å². The van der Waals surface area contributed by atoms with Crippen LogP contribution in [0.3, 0.4) is 0 Å². The van der Waals surface area contributed by atoms with E-state index in [2.05, 4.69) is 13.2 Å². The summed E-state index contributed by atoms with van der Waals surface area (Å²) in [5, 5.41) is 0. The molecule has 9 heteroatoms. The van der Waals surface area contributed by atoms with Crippen LogP contribution in [0, 0.1) is 13.8 Å². The summed E-state index contributed by atoms with van der Waals surface area (Å²) in [6.45, 7) is 17.5. The van der Waals surface area contributed by atoms with Crippen molar-refractivity contribution in [2.45, 2.75) is 40.5 Å². The maximum absolute atomic E-state index is 10.9. The van der Waals surface area contributed by atoms with Crippen LogP contribution in [-0.2, 0) is 45.0 Å². The molecule has 3 aromatic heterocycles. The van der Waals surface area contributed by atoms with Crippen molar-refractivity contribution in [1.82, 2.24) is 19.9 Å². The third-order valence-corrected chi connectivity index (χ3v) is 7.96. The van der Waals surface area contributed by atoms with Crippen LogP contribution in [0.15, 0.2) is 43.5 Å². The molecule has 43 heavy (non-hydrogen) atoms. The van der Waals surface area contributed by atoms with E-state index < -0.39 is 0 Å². The minimum atomic E-state index is 0. The summed E-state index contributed by atoms with van der Waals surface area (Å²) in [5.41, 5.74) is 13.8. The molecule has 0 N–H and O–H groups in total. The van der Waals surface area contributed by atoms with Gasteiger partial charge in [-0.1, -0.05) is 66.3 Å². The molecular weight excluding hydrogens is 594 g/mol. The van der Waals surface area contributed by atoms with Crippen LogP contribution in [0.2, 0.25) is 0 Å². The maximum Gasteiger partial charge on any atom is 2.00 e. The average Bonchev–Trinajstić information content (AvgIpc) is 3.63. The van der Waals surface area contributed by atoms with Crippen molar-refractivity contribution in [3.63, 3.8) is 0 Å². The van der Waals surface area contributed by atoms with E-state index in [1.54, 1.807) is 0 Å². The van der Waals surface area contributed by atoms with Crippen LogP contribution < -0.4 is 9.97 Å². The van der Waals surface area contributed by atoms with Crippen LogP contribution in [0.4, 0.5) is 0 Å². The Morgan fingerprint density at radius 3 is 1.93 bits per heavy atom. The number of hydrogen-bond donors (Lipinski definition) is 0. The zero-order valence-corrected chi connectivity index (χ0v) is 28.0. The van der Waals surface area contributed by atoms with Gasteiger partial charge in [-0.05, 0) is 50.0 Å². The molecule has 0 aliphatic carbocycles. The number of rotatable bonds is 10. The monoisotopic (exact) mass is 624 g/mol. The third-order valence-electron chi connectivity index (χ3n) is 7.96. The molecule has 0 radical (unpaired) electrons. The van der Waals surface area contributed by atoms with E-state index >= 15 is 0 Å². The zero-order valence-electron chi connectivity index (χ0n) is 25.0. The van der Waals surface area contributed by atoms with Crippen molar-refractivity contribution in [3.05, 3.63) is 88.5 Å². The van der Waals surface area contributed by atoms with Gasteiger partial charge in [-0.25, -0.2) is 9.97 Å². The molecule has 2 aliphatic heterocycles. The second kappa shape index (κ2) is 13.3. The zero-order chi connectivity index (χ0) is 30.0. The Morgan fingerprint density at radius 1 is 0.698 bits per heavy atom. The molecule has 0 fully saturated rings. The largest absolute Gasteiger partial charge is 2.00 e.